The summed E-state index contributed by atoms with van der Waals surface area (Å²) in [5.41, 5.74) is 2.94. The molecular formula is C22H17N3O5. The molecule has 8 nitrogen and oxygen atoms in total. The average Bonchev–Trinajstić information content (AvgIpc) is 3.13. The van der Waals surface area contributed by atoms with Crippen LogP contribution in [0, 0.1) is 6.92 Å². The van der Waals surface area contributed by atoms with Crippen molar-refractivity contribution in [2.45, 2.75) is 6.92 Å². The van der Waals surface area contributed by atoms with Gasteiger partial charge in [0.05, 0.1) is 11.3 Å². The molecule has 0 aromatic heterocycles. The van der Waals surface area contributed by atoms with E-state index in [0.717, 1.165) is 5.56 Å². The minimum atomic E-state index is -0.456. The summed E-state index contributed by atoms with van der Waals surface area (Å²) in [6.07, 6.45) is 0. The number of anilines is 3. The van der Waals surface area contributed by atoms with Gasteiger partial charge in [0, 0.05) is 17.4 Å². The molecule has 0 radical (unpaired) electrons. The predicted molar refractivity (Wildman–Crippen MR) is 111 cm³/mol. The lowest BCUT2D eigenvalue weighted by Gasteiger charge is -2.11. The van der Waals surface area contributed by atoms with Crippen LogP contribution in [0.2, 0.25) is 0 Å². The first kappa shape index (κ1) is 17.9. The highest BCUT2D eigenvalue weighted by Gasteiger charge is 2.22. The second kappa shape index (κ2) is 7.00. The van der Waals surface area contributed by atoms with Crippen molar-refractivity contribution in [1.82, 2.24) is 0 Å². The normalized spacial score (nSPS) is 13.3. The van der Waals surface area contributed by atoms with Crippen molar-refractivity contribution < 1.29 is 23.8 Å². The van der Waals surface area contributed by atoms with Gasteiger partial charge in [-0.2, -0.15) is 0 Å². The van der Waals surface area contributed by atoms with Crippen LogP contribution in [-0.4, -0.2) is 18.7 Å². The zero-order valence-electron chi connectivity index (χ0n) is 15.9. The van der Waals surface area contributed by atoms with E-state index in [-0.39, 0.29) is 12.7 Å². The summed E-state index contributed by atoms with van der Waals surface area (Å²) >= 11 is 0. The summed E-state index contributed by atoms with van der Waals surface area (Å²) in [6, 6.07) is 15.1. The highest BCUT2D eigenvalue weighted by molar-refractivity contribution is 6.09. The smallest absolute Gasteiger partial charge is 0.323 e. The summed E-state index contributed by atoms with van der Waals surface area (Å²) in [4.78, 5) is 25.1. The van der Waals surface area contributed by atoms with Gasteiger partial charge >= 0.3 is 6.03 Å². The quantitative estimate of drug-likeness (QED) is 0.575. The van der Waals surface area contributed by atoms with E-state index < -0.39 is 6.03 Å². The van der Waals surface area contributed by atoms with Crippen LogP contribution in [-0.2, 0) is 0 Å². The SMILES string of the molecule is Cc1ccc2c(c1)NC(=O)c1cc(NC(=O)Nc3ccc4c(c3)OCO4)ccc1O2. The Morgan fingerprint density at radius 1 is 0.867 bits per heavy atom. The van der Waals surface area contributed by atoms with Crippen LogP contribution in [0.5, 0.6) is 23.0 Å². The van der Waals surface area contributed by atoms with Crippen molar-refractivity contribution >= 4 is 29.0 Å². The second-order valence-corrected chi connectivity index (χ2v) is 6.91. The molecule has 0 saturated carbocycles. The lowest BCUT2D eigenvalue weighted by Crippen LogP contribution is -2.20. The molecule has 8 heteroatoms. The molecule has 3 aromatic carbocycles. The number of ether oxygens (including phenoxy) is 3. The number of benzene rings is 3. The molecule has 0 unspecified atom stereocenters. The van der Waals surface area contributed by atoms with Crippen LogP contribution in [0.3, 0.4) is 0 Å². The van der Waals surface area contributed by atoms with Gasteiger partial charge in [0.15, 0.2) is 17.2 Å². The van der Waals surface area contributed by atoms with E-state index >= 15 is 0 Å². The predicted octanol–water partition coefficient (Wildman–Crippen LogP) is 4.73. The number of hydrogen-bond acceptors (Lipinski definition) is 5. The molecule has 2 heterocycles. The number of rotatable bonds is 2. The van der Waals surface area contributed by atoms with E-state index in [0.29, 0.717) is 45.6 Å². The molecule has 2 aliphatic rings. The lowest BCUT2D eigenvalue weighted by atomic mass is 10.1. The number of nitrogens with one attached hydrogen (secondary N) is 3. The molecule has 30 heavy (non-hydrogen) atoms. The average molecular weight is 403 g/mol. The highest BCUT2D eigenvalue weighted by Crippen LogP contribution is 2.37. The Morgan fingerprint density at radius 3 is 2.40 bits per heavy atom. The molecule has 0 bridgehead atoms. The third-order valence-electron chi connectivity index (χ3n) is 4.72. The molecule has 0 spiro atoms. The maximum absolute atomic E-state index is 12.7. The Kier molecular flexibility index (Phi) is 4.17. The first-order chi connectivity index (χ1) is 14.5. The molecule has 0 aliphatic carbocycles. The summed E-state index contributed by atoms with van der Waals surface area (Å²) in [5, 5.41) is 8.29. The molecule has 3 N–H and O–H groups in total. The van der Waals surface area contributed by atoms with E-state index in [2.05, 4.69) is 16.0 Å². The zero-order valence-corrected chi connectivity index (χ0v) is 15.9. The second-order valence-electron chi connectivity index (χ2n) is 6.91. The number of carbonyl (C=O) groups excluding carboxylic acids is 2. The summed E-state index contributed by atoms with van der Waals surface area (Å²) < 4.78 is 16.5. The third kappa shape index (κ3) is 3.35. The van der Waals surface area contributed by atoms with Crippen molar-refractivity contribution in [3.8, 4) is 23.0 Å². The van der Waals surface area contributed by atoms with E-state index in [1.165, 1.54) is 0 Å². The Bertz CT molecular complexity index is 1190. The van der Waals surface area contributed by atoms with Gasteiger partial charge in [-0.05, 0) is 55.0 Å². The molecule has 5 rings (SSSR count). The van der Waals surface area contributed by atoms with Gasteiger partial charge in [0.1, 0.15) is 5.75 Å². The number of fused-ring (bicyclic) bond motifs is 3. The van der Waals surface area contributed by atoms with Crippen LogP contribution < -0.4 is 30.2 Å². The van der Waals surface area contributed by atoms with E-state index in [4.69, 9.17) is 14.2 Å². The molecule has 3 aromatic rings. The molecular weight excluding hydrogens is 386 g/mol. The van der Waals surface area contributed by atoms with Gasteiger partial charge in [0.2, 0.25) is 6.79 Å². The van der Waals surface area contributed by atoms with Crippen molar-refractivity contribution in [2.75, 3.05) is 22.7 Å². The first-order valence-corrected chi connectivity index (χ1v) is 9.27. The van der Waals surface area contributed by atoms with Gasteiger partial charge < -0.3 is 30.2 Å². The Hall–Kier alpha value is -4.20. The number of amides is 3. The van der Waals surface area contributed by atoms with Gasteiger partial charge in [-0.25, -0.2) is 4.79 Å². The monoisotopic (exact) mass is 403 g/mol. The molecule has 3 amide bonds. The molecule has 0 fully saturated rings. The maximum Gasteiger partial charge on any atom is 0.323 e. The molecule has 0 atom stereocenters. The molecule has 0 saturated heterocycles. The largest absolute Gasteiger partial charge is 0.454 e. The lowest BCUT2D eigenvalue weighted by molar-refractivity contribution is 0.102. The summed E-state index contributed by atoms with van der Waals surface area (Å²) in [6.45, 7) is 2.10. The van der Waals surface area contributed by atoms with Crippen molar-refractivity contribution in [2.24, 2.45) is 0 Å². The van der Waals surface area contributed by atoms with E-state index in [1.54, 1.807) is 36.4 Å². The fourth-order valence-electron chi connectivity index (χ4n) is 3.28. The Morgan fingerprint density at radius 2 is 1.57 bits per heavy atom. The number of aryl methyl sites for hydroxylation is 1. The Balaban J connectivity index is 1.33. The zero-order chi connectivity index (χ0) is 20.7. The van der Waals surface area contributed by atoms with Gasteiger partial charge in [0.25, 0.3) is 5.91 Å². The number of urea groups is 1. The van der Waals surface area contributed by atoms with Crippen molar-refractivity contribution in [3.63, 3.8) is 0 Å². The number of carbonyl (C=O) groups is 2. The fourth-order valence-corrected chi connectivity index (χ4v) is 3.28. The van der Waals surface area contributed by atoms with Crippen LogP contribution in [0.25, 0.3) is 0 Å². The maximum atomic E-state index is 12.7. The minimum absolute atomic E-state index is 0.160. The molecule has 2 aliphatic heterocycles. The van der Waals surface area contributed by atoms with Gasteiger partial charge in [-0.3, -0.25) is 4.79 Å². The van der Waals surface area contributed by atoms with Gasteiger partial charge in [-0.1, -0.05) is 6.07 Å². The van der Waals surface area contributed by atoms with Crippen molar-refractivity contribution in [1.29, 1.82) is 0 Å². The van der Waals surface area contributed by atoms with Crippen molar-refractivity contribution in [3.05, 3.63) is 65.7 Å². The first-order valence-electron chi connectivity index (χ1n) is 9.27. The number of hydrogen-bond donors (Lipinski definition) is 3. The topological polar surface area (TPSA) is 97.9 Å². The van der Waals surface area contributed by atoms with Crippen LogP contribution in [0.1, 0.15) is 15.9 Å². The van der Waals surface area contributed by atoms with Crippen LogP contribution in [0.15, 0.2) is 54.6 Å². The van der Waals surface area contributed by atoms with E-state index in [9.17, 15) is 9.59 Å². The van der Waals surface area contributed by atoms with Crippen LogP contribution in [0.4, 0.5) is 21.9 Å². The van der Waals surface area contributed by atoms with Crippen LogP contribution >= 0.6 is 0 Å². The highest BCUT2D eigenvalue weighted by atomic mass is 16.7. The third-order valence-corrected chi connectivity index (χ3v) is 4.72. The molecule has 150 valence electrons. The summed E-state index contributed by atoms with van der Waals surface area (Å²) in [7, 11) is 0. The fraction of sp³-hybridized carbons (Fsp3) is 0.0909. The summed E-state index contributed by atoms with van der Waals surface area (Å²) in [5.74, 6) is 1.87. The van der Waals surface area contributed by atoms with Gasteiger partial charge in [-0.15, -0.1) is 0 Å². The van der Waals surface area contributed by atoms with E-state index in [1.807, 2.05) is 25.1 Å². The standard InChI is InChI=1S/C22H17N3O5/c1-12-2-5-18-16(8-12)25-21(26)15-9-13(3-6-17(15)30-18)23-22(27)24-14-4-7-19-20(10-14)29-11-28-19/h2-10H,11H2,1H3,(H,25,26)(H2,23,24,27). The minimum Gasteiger partial charge on any atom is -0.454 e. The Labute approximate surface area is 171 Å².